The van der Waals surface area contributed by atoms with Crippen molar-refractivity contribution in [3.05, 3.63) is 23.8 Å². The summed E-state index contributed by atoms with van der Waals surface area (Å²) in [7, 11) is 0. The molecule has 1 aliphatic heterocycles. The summed E-state index contributed by atoms with van der Waals surface area (Å²) < 4.78 is 10.5. The molecule has 1 aromatic rings. The van der Waals surface area contributed by atoms with Crippen LogP contribution < -0.4 is 15.2 Å². The Balaban J connectivity index is 2.15. The van der Waals surface area contributed by atoms with E-state index in [4.69, 9.17) is 20.3 Å². The molecule has 0 spiro atoms. The molecular weight excluding hydrogens is 210 g/mol. The van der Waals surface area contributed by atoms with Crippen LogP contribution in [0.5, 0.6) is 11.5 Å². The molecule has 0 bridgehead atoms. The zero-order valence-corrected chi connectivity index (χ0v) is 8.68. The number of fused-ring (bicyclic) bond motifs is 1. The van der Waals surface area contributed by atoms with Crippen LogP contribution in [0.1, 0.15) is 18.0 Å². The van der Waals surface area contributed by atoms with Gasteiger partial charge in [-0.25, -0.2) is 4.79 Å². The van der Waals surface area contributed by atoms with Gasteiger partial charge in [0.2, 0.25) is 0 Å². The van der Waals surface area contributed by atoms with Crippen molar-refractivity contribution in [3.8, 4) is 11.5 Å². The minimum Gasteiger partial charge on any atom is -0.493 e. The Hall–Kier alpha value is -1.75. The lowest BCUT2D eigenvalue weighted by atomic mass is 10.0. The molecule has 5 heteroatoms. The van der Waals surface area contributed by atoms with Gasteiger partial charge in [-0.2, -0.15) is 0 Å². The van der Waals surface area contributed by atoms with Crippen LogP contribution in [0.15, 0.2) is 18.2 Å². The van der Waals surface area contributed by atoms with E-state index in [1.165, 1.54) is 0 Å². The molecular formula is C11H13NO4. The maximum Gasteiger partial charge on any atom is 0.341 e. The summed E-state index contributed by atoms with van der Waals surface area (Å²) in [5.41, 5.74) is 6.84. The van der Waals surface area contributed by atoms with E-state index in [2.05, 4.69) is 0 Å². The number of ether oxygens (including phenoxy) is 2. The highest BCUT2D eigenvalue weighted by atomic mass is 16.5. The first-order chi connectivity index (χ1) is 7.66. The molecule has 1 aliphatic rings. The largest absolute Gasteiger partial charge is 0.493 e. The molecule has 0 aromatic heterocycles. The van der Waals surface area contributed by atoms with Gasteiger partial charge in [-0.1, -0.05) is 6.07 Å². The van der Waals surface area contributed by atoms with Crippen LogP contribution in [0.3, 0.4) is 0 Å². The molecule has 86 valence electrons. The second-order valence-electron chi connectivity index (χ2n) is 3.63. The van der Waals surface area contributed by atoms with E-state index in [0.717, 1.165) is 12.0 Å². The molecule has 0 fully saturated rings. The lowest BCUT2D eigenvalue weighted by molar-refractivity contribution is -0.139. The van der Waals surface area contributed by atoms with Crippen molar-refractivity contribution in [2.75, 3.05) is 13.2 Å². The van der Waals surface area contributed by atoms with Crippen LogP contribution in [-0.4, -0.2) is 24.3 Å². The maximum absolute atomic E-state index is 10.3. The fourth-order valence-electron chi connectivity index (χ4n) is 1.63. The van der Waals surface area contributed by atoms with Gasteiger partial charge in [0, 0.05) is 24.1 Å². The Morgan fingerprint density at radius 1 is 1.62 bits per heavy atom. The van der Waals surface area contributed by atoms with Crippen LogP contribution in [-0.2, 0) is 4.79 Å². The maximum atomic E-state index is 10.3. The van der Waals surface area contributed by atoms with Crippen molar-refractivity contribution < 1.29 is 19.4 Å². The van der Waals surface area contributed by atoms with Crippen molar-refractivity contribution in [2.24, 2.45) is 5.73 Å². The average molecular weight is 223 g/mol. The van der Waals surface area contributed by atoms with Crippen molar-refractivity contribution in [2.45, 2.75) is 12.5 Å². The predicted molar refractivity (Wildman–Crippen MR) is 56.6 cm³/mol. The lowest BCUT2D eigenvalue weighted by Gasteiger charge is -2.23. The monoisotopic (exact) mass is 223 g/mol. The minimum atomic E-state index is -1.00. The van der Waals surface area contributed by atoms with Gasteiger partial charge in [-0.05, 0) is 6.07 Å². The number of hydrogen-bond acceptors (Lipinski definition) is 4. The quantitative estimate of drug-likeness (QED) is 0.796. The van der Waals surface area contributed by atoms with Crippen molar-refractivity contribution in [1.29, 1.82) is 0 Å². The molecule has 2 rings (SSSR count). The van der Waals surface area contributed by atoms with Crippen LogP contribution in [0, 0.1) is 0 Å². The zero-order chi connectivity index (χ0) is 11.5. The van der Waals surface area contributed by atoms with Crippen LogP contribution >= 0.6 is 0 Å². The zero-order valence-electron chi connectivity index (χ0n) is 8.68. The van der Waals surface area contributed by atoms with E-state index in [1.807, 2.05) is 6.07 Å². The fourth-order valence-corrected chi connectivity index (χ4v) is 1.63. The molecule has 0 saturated heterocycles. The Bertz CT molecular complexity index is 405. The average Bonchev–Trinajstić information content (AvgIpc) is 2.26. The van der Waals surface area contributed by atoms with Crippen molar-refractivity contribution in [1.82, 2.24) is 0 Å². The van der Waals surface area contributed by atoms with Crippen LogP contribution in [0.2, 0.25) is 0 Å². The molecule has 1 unspecified atom stereocenters. The molecule has 0 radical (unpaired) electrons. The first-order valence-electron chi connectivity index (χ1n) is 5.04. The van der Waals surface area contributed by atoms with Gasteiger partial charge < -0.3 is 20.3 Å². The summed E-state index contributed by atoms with van der Waals surface area (Å²) in [6, 6.07) is 5.18. The Kier molecular flexibility index (Phi) is 2.96. The van der Waals surface area contributed by atoms with Crippen LogP contribution in [0.25, 0.3) is 0 Å². The summed E-state index contributed by atoms with van der Waals surface area (Å²) in [4.78, 5) is 10.3. The number of carboxylic acid groups (broad SMARTS) is 1. The summed E-state index contributed by atoms with van der Waals surface area (Å²) >= 11 is 0. The van der Waals surface area contributed by atoms with E-state index >= 15 is 0 Å². The number of hydrogen-bond donors (Lipinski definition) is 2. The van der Waals surface area contributed by atoms with Crippen LogP contribution in [0.4, 0.5) is 0 Å². The SMILES string of the molecule is NC1CCOc2cc(OCC(=O)O)ccc21. The highest BCUT2D eigenvalue weighted by Crippen LogP contribution is 2.33. The Morgan fingerprint density at radius 3 is 3.19 bits per heavy atom. The van der Waals surface area contributed by atoms with E-state index in [-0.39, 0.29) is 12.6 Å². The smallest absolute Gasteiger partial charge is 0.341 e. The van der Waals surface area contributed by atoms with E-state index < -0.39 is 5.97 Å². The first-order valence-corrected chi connectivity index (χ1v) is 5.04. The second-order valence-corrected chi connectivity index (χ2v) is 3.63. The van der Waals surface area contributed by atoms with Gasteiger partial charge in [0.15, 0.2) is 6.61 Å². The Labute approximate surface area is 92.8 Å². The fraction of sp³-hybridized carbons (Fsp3) is 0.364. The normalized spacial score (nSPS) is 18.4. The summed E-state index contributed by atoms with van der Waals surface area (Å²) in [5, 5.41) is 8.48. The number of rotatable bonds is 3. The summed E-state index contributed by atoms with van der Waals surface area (Å²) in [5.74, 6) is 0.159. The van der Waals surface area contributed by atoms with Crippen molar-refractivity contribution >= 4 is 5.97 Å². The van der Waals surface area contributed by atoms with E-state index in [1.54, 1.807) is 12.1 Å². The number of nitrogens with two attached hydrogens (primary N) is 1. The molecule has 1 heterocycles. The molecule has 16 heavy (non-hydrogen) atoms. The summed E-state index contributed by atoms with van der Waals surface area (Å²) in [6.45, 7) is 0.224. The third kappa shape index (κ3) is 2.25. The highest BCUT2D eigenvalue weighted by molar-refractivity contribution is 5.68. The van der Waals surface area contributed by atoms with Gasteiger partial charge in [-0.3, -0.25) is 0 Å². The van der Waals surface area contributed by atoms with Gasteiger partial charge in [0.25, 0.3) is 0 Å². The van der Waals surface area contributed by atoms with Gasteiger partial charge in [0.05, 0.1) is 6.61 Å². The highest BCUT2D eigenvalue weighted by Gasteiger charge is 2.18. The molecule has 0 aliphatic carbocycles. The Morgan fingerprint density at radius 2 is 2.44 bits per heavy atom. The minimum absolute atomic E-state index is 0.0164. The molecule has 1 atom stereocenters. The predicted octanol–water partition coefficient (Wildman–Crippen LogP) is 0.932. The third-order valence-electron chi connectivity index (χ3n) is 2.43. The number of carbonyl (C=O) groups is 1. The number of aliphatic carboxylic acids is 1. The third-order valence-corrected chi connectivity index (χ3v) is 2.43. The second kappa shape index (κ2) is 4.40. The standard InChI is InChI=1S/C11H13NO4/c12-9-3-4-15-10-5-7(1-2-8(9)10)16-6-11(13)14/h1-2,5,9H,3-4,6,12H2,(H,13,14). The van der Waals surface area contributed by atoms with Crippen molar-refractivity contribution in [3.63, 3.8) is 0 Å². The topological polar surface area (TPSA) is 81.8 Å². The lowest BCUT2D eigenvalue weighted by Crippen LogP contribution is -2.20. The van der Waals surface area contributed by atoms with E-state index in [0.29, 0.717) is 18.1 Å². The molecule has 0 amide bonds. The van der Waals surface area contributed by atoms with E-state index in [9.17, 15) is 4.79 Å². The summed E-state index contributed by atoms with van der Waals surface area (Å²) in [6.07, 6.45) is 0.794. The first kappa shape index (κ1) is 10.8. The number of benzene rings is 1. The molecule has 0 saturated carbocycles. The molecule has 1 aromatic carbocycles. The van der Waals surface area contributed by atoms with Gasteiger partial charge in [0.1, 0.15) is 11.5 Å². The van der Waals surface area contributed by atoms with Gasteiger partial charge >= 0.3 is 5.97 Å². The number of carboxylic acids is 1. The molecule has 5 nitrogen and oxygen atoms in total. The molecule has 3 N–H and O–H groups in total. The van der Waals surface area contributed by atoms with Gasteiger partial charge in [-0.15, -0.1) is 0 Å².